The van der Waals surface area contributed by atoms with Gasteiger partial charge in [-0.05, 0) is 64.0 Å². The summed E-state index contributed by atoms with van der Waals surface area (Å²) in [5.41, 5.74) is 1.89. The van der Waals surface area contributed by atoms with Crippen LogP contribution in [0, 0.1) is 24.2 Å². The van der Waals surface area contributed by atoms with Crippen LogP contribution in [0.1, 0.15) is 84.3 Å². The van der Waals surface area contributed by atoms with E-state index in [9.17, 15) is 19.8 Å². The lowest BCUT2D eigenvalue weighted by Crippen LogP contribution is -2.47. The first-order valence-electron chi connectivity index (χ1n) is 12.3. The molecular weight excluding hydrogens is 448 g/mol. The van der Waals surface area contributed by atoms with Gasteiger partial charge in [0.1, 0.15) is 5.78 Å². The van der Waals surface area contributed by atoms with Crippen LogP contribution in [0.25, 0.3) is 6.08 Å². The Bertz CT molecular complexity index is 917. The van der Waals surface area contributed by atoms with Gasteiger partial charge in [0.25, 0.3) is 0 Å². The molecule has 7 heteroatoms. The van der Waals surface area contributed by atoms with Crippen molar-refractivity contribution in [3.8, 4) is 0 Å². The molecule has 34 heavy (non-hydrogen) atoms. The van der Waals surface area contributed by atoms with E-state index >= 15 is 0 Å². The van der Waals surface area contributed by atoms with Crippen molar-refractivity contribution in [3.63, 3.8) is 0 Å². The Kier molecular flexibility index (Phi) is 10.2. The van der Waals surface area contributed by atoms with E-state index in [4.69, 9.17) is 0 Å². The van der Waals surface area contributed by atoms with Gasteiger partial charge in [0.05, 0.1) is 40.8 Å². The Hall–Kier alpha value is -1.83. The first-order chi connectivity index (χ1) is 15.8. The number of carbonyl (C=O) groups excluding carboxylic acids is 2. The summed E-state index contributed by atoms with van der Waals surface area (Å²) in [6.45, 7) is 13.0. The number of aliphatic hydroxyl groups is 2. The molecule has 1 aliphatic heterocycles. The normalized spacial score (nSPS) is 32.1. The van der Waals surface area contributed by atoms with Crippen molar-refractivity contribution in [1.29, 1.82) is 0 Å². The molecule has 0 fully saturated rings. The van der Waals surface area contributed by atoms with E-state index in [0.717, 1.165) is 35.5 Å². The van der Waals surface area contributed by atoms with Crippen LogP contribution in [-0.4, -0.2) is 45.1 Å². The second kappa shape index (κ2) is 12.2. The van der Waals surface area contributed by atoms with E-state index in [0.29, 0.717) is 6.42 Å². The fraction of sp³-hybridized carbons (Fsp3) is 0.667. The zero-order chi connectivity index (χ0) is 25.6. The lowest BCUT2D eigenvalue weighted by Gasteiger charge is -2.34. The number of rotatable bonds is 2. The van der Waals surface area contributed by atoms with Crippen molar-refractivity contribution in [1.82, 2.24) is 10.3 Å². The van der Waals surface area contributed by atoms with Crippen molar-refractivity contribution < 1.29 is 19.8 Å². The first kappa shape index (κ1) is 28.4. The molecule has 0 unspecified atom stereocenters. The third kappa shape index (κ3) is 7.59. The van der Waals surface area contributed by atoms with Crippen LogP contribution in [0.5, 0.6) is 0 Å². The molecule has 3 N–H and O–H groups in total. The highest BCUT2D eigenvalue weighted by molar-refractivity contribution is 7.09. The highest BCUT2D eigenvalue weighted by Gasteiger charge is 2.42. The number of thiazole rings is 1. The minimum atomic E-state index is -1.15. The zero-order valence-corrected chi connectivity index (χ0v) is 22.5. The molecule has 1 amide bonds. The number of aromatic nitrogens is 1. The minimum Gasteiger partial charge on any atom is -0.392 e. The first-order valence-corrected chi connectivity index (χ1v) is 13.2. The molecule has 0 aliphatic carbocycles. The van der Waals surface area contributed by atoms with Crippen molar-refractivity contribution in [2.45, 2.75) is 98.8 Å². The number of carbonyl (C=O) groups is 2. The molecule has 6 nitrogen and oxygen atoms in total. The number of hydrogen-bond donors (Lipinski definition) is 3. The predicted molar refractivity (Wildman–Crippen MR) is 138 cm³/mol. The van der Waals surface area contributed by atoms with Gasteiger partial charge in [-0.15, -0.1) is 11.3 Å². The molecule has 0 aromatic carbocycles. The Labute approximate surface area is 208 Å². The highest BCUT2D eigenvalue weighted by Crippen LogP contribution is 2.32. The third-order valence-corrected chi connectivity index (χ3v) is 7.93. The quantitative estimate of drug-likeness (QED) is 0.515. The van der Waals surface area contributed by atoms with Gasteiger partial charge in [-0.25, -0.2) is 4.98 Å². The number of aryl methyl sites for hydroxylation is 1. The summed E-state index contributed by atoms with van der Waals surface area (Å²) < 4.78 is 0. The number of nitrogens with zero attached hydrogens (tertiary/aromatic N) is 1. The number of allylic oxidation sites excluding steroid dienone is 1. The highest BCUT2D eigenvalue weighted by atomic mass is 32.1. The molecule has 1 aliphatic rings. The van der Waals surface area contributed by atoms with Gasteiger partial charge in [0.15, 0.2) is 0 Å². The van der Waals surface area contributed by atoms with Crippen LogP contribution in [-0.2, 0) is 9.59 Å². The SMILES string of the molecule is C/C1=C/CCC[C@H](C)[C@H](O)[C@@H](C)C(=O)C(C)(C)[C@@H](O)CC(=O)N[C@H](/C(C)=C/c2csc(C)n2)C1. The maximum atomic E-state index is 13.2. The second-order valence-corrected chi connectivity index (χ2v) is 11.6. The van der Waals surface area contributed by atoms with Crippen LogP contribution >= 0.6 is 11.3 Å². The summed E-state index contributed by atoms with van der Waals surface area (Å²) in [6, 6.07) is -0.232. The summed E-state index contributed by atoms with van der Waals surface area (Å²) in [5.74, 6) is -1.17. The molecule has 0 saturated carbocycles. The maximum Gasteiger partial charge on any atom is 0.223 e. The van der Waals surface area contributed by atoms with Gasteiger partial charge in [-0.3, -0.25) is 9.59 Å². The van der Waals surface area contributed by atoms with Gasteiger partial charge in [-0.2, -0.15) is 0 Å². The van der Waals surface area contributed by atoms with E-state index in [2.05, 4.69) is 23.3 Å². The van der Waals surface area contributed by atoms with Gasteiger partial charge < -0.3 is 15.5 Å². The molecule has 0 bridgehead atoms. The fourth-order valence-corrected chi connectivity index (χ4v) is 5.12. The van der Waals surface area contributed by atoms with Gasteiger partial charge in [-0.1, -0.05) is 39.3 Å². The Morgan fingerprint density at radius 3 is 2.50 bits per heavy atom. The second-order valence-electron chi connectivity index (χ2n) is 10.5. The summed E-state index contributed by atoms with van der Waals surface area (Å²) in [7, 11) is 0. The number of ketones is 1. The van der Waals surface area contributed by atoms with Crippen LogP contribution in [0.2, 0.25) is 0 Å². The zero-order valence-electron chi connectivity index (χ0n) is 21.7. The van der Waals surface area contributed by atoms with Crippen molar-refractivity contribution in [2.75, 3.05) is 0 Å². The lowest BCUT2D eigenvalue weighted by atomic mass is 9.73. The number of amides is 1. The fourth-order valence-electron chi connectivity index (χ4n) is 4.55. The average molecular weight is 491 g/mol. The molecule has 2 heterocycles. The maximum absolute atomic E-state index is 13.2. The summed E-state index contributed by atoms with van der Waals surface area (Å²) in [6.07, 6.45) is 5.33. The predicted octanol–water partition coefficient (Wildman–Crippen LogP) is 4.84. The smallest absolute Gasteiger partial charge is 0.223 e. The van der Waals surface area contributed by atoms with Crippen LogP contribution in [0.15, 0.2) is 22.6 Å². The third-order valence-electron chi connectivity index (χ3n) is 7.14. The molecule has 1 aromatic rings. The van der Waals surface area contributed by atoms with Crippen LogP contribution in [0.4, 0.5) is 0 Å². The number of Topliss-reactive ketones (excluding diaryl/α,β-unsaturated/α-hetero) is 1. The lowest BCUT2D eigenvalue weighted by molar-refractivity contribution is -0.143. The number of hydrogen-bond acceptors (Lipinski definition) is 6. The molecular formula is C27H42N2O4S. The van der Waals surface area contributed by atoms with Gasteiger partial charge >= 0.3 is 0 Å². The molecule has 5 atom stereocenters. The Morgan fingerprint density at radius 1 is 1.21 bits per heavy atom. The van der Waals surface area contributed by atoms with Crippen LogP contribution in [0.3, 0.4) is 0 Å². The molecule has 0 spiro atoms. The molecule has 190 valence electrons. The van der Waals surface area contributed by atoms with Crippen molar-refractivity contribution in [2.24, 2.45) is 17.3 Å². The molecule has 2 rings (SSSR count). The number of aliphatic hydroxyl groups excluding tert-OH is 2. The topological polar surface area (TPSA) is 99.5 Å². The average Bonchev–Trinajstić information content (AvgIpc) is 3.17. The monoisotopic (exact) mass is 490 g/mol. The Morgan fingerprint density at radius 2 is 1.88 bits per heavy atom. The van der Waals surface area contributed by atoms with E-state index in [1.807, 2.05) is 32.2 Å². The van der Waals surface area contributed by atoms with Gasteiger partial charge in [0.2, 0.25) is 5.91 Å². The van der Waals surface area contributed by atoms with E-state index in [1.54, 1.807) is 32.1 Å². The van der Waals surface area contributed by atoms with E-state index in [1.165, 1.54) is 5.57 Å². The van der Waals surface area contributed by atoms with Crippen molar-refractivity contribution >= 4 is 29.1 Å². The minimum absolute atomic E-state index is 0.0312. The standard InChI is InChI=1S/C27H42N2O4S/c1-16-10-8-9-11-17(2)25(32)19(4)26(33)27(6,7)23(30)14-24(31)29-22(12-16)18(3)13-21-15-34-20(5)28-21/h10,13,15,17,19,22-23,25,30,32H,8-9,11-12,14H2,1-7H3,(H,29,31)/b16-10-,18-13+/t17-,19+,22-,23-,25-/m0/s1. The summed E-state index contributed by atoms with van der Waals surface area (Å²) in [4.78, 5) is 30.6. The molecule has 0 radical (unpaired) electrons. The van der Waals surface area contributed by atoms with Crippen LogP contribution < -0.4 is 5.32 Å². The molecule has 1 aromatic heterocycles. The Balaban J connectivity index is 2.33. The van der Waals surface area contributed by atoms with Gasteiger partial charge in [0, 0.05) is 11.3 Å². The van der Waals surface area contributed by atoms with Crippen molar-refractivity contribution in [3.05, 3.63) is 33.3 Å². The molecule has 0 saturated heterocycles. The summed E-state index contributed by atoms with van der Waals surface area (Å²) in [5, 5.41) is 27.7. The number of nitrogens with one attached hydrogen (secondary N) is 1. The summed E-state index contributed by atoms with van der Waals surface area (Å²) >= 11 is 1.58. The van der Waals surface area contributed by atoms with E-state index in [-0.39, 0.29) is 30.1 Å². The largest absolute Gasteiger partial charge is 0.392 e. The van der Waals surface area contributed by atoms with E-state index < -0.39 is 23.5 Å².